The number of halogens is 2. The standard InChI is InChI=1S/C14H19F2N/c1-10(11-4-2-3-5-11)17-9-12-8-13(15)6-7-14(12)16/h6-8,10-11,17H,2-5,9H2,1H3/t10-/m1/s1. The highest BCUT2D eigenvalue weighted by atomic mass is 19.1. The van der Waals surface area contributed by atoms with Gasteiger partial charge in [-0.1, -0.05) is 12.8 Å². The van der Waals surface area contributed by atoms with Crippen molar-refractivity contribution in [3.05, 3.63) is 35.4 Å². The van der Waals surface area contributed by atoms with Crippen LogP contribution < -0.4 is 5.32 Å². The molecule has 1 nitrogen and oxygen atoms in total. The highest BCUT2D eigenvalue weighted by Gasteiger charge is 2.21. The van der Waals surface area contributed by atoms with Crippen LogP contribution >= 0.6 is 0 Å². The van der Waals surface area contributed by atoms with Crippen molar-refractivity contribution in [2.45, 2.75) is 45.2 Å². The van der Waals surface area contributed by atoms with E-state index in [4.69, 9.17) is 0 Å². The quantitative estimate of drug-likeness (QED) is 0.846. The van der Waals surface area contributed by atoms with Gasteiger partial charge in [0.2, 0.25) is 0 Å². The van der Waals surface area contributed by atoms with Crippen LogP contribution in [0.4, 0.5) is 8.78 Å². The Kier molecular flexibility index (Phi) is 4.11. The van der Waals surface area contributed by atoms with E-state index in [0.717, 1.165) is 6.07 Å². The molecule has 0 radical (unpaired) electrons. The molecule has 0 spiro atoms. The summed E-state index contributed by atoms with van der Waals surface area (Å²) >= 11 is 0. The van der Waals surface area contributed by atoms with Gasteiger partial charge in [0, 0.05) is 18.2 Å². The van der Waals surface area contributed by atoms with Gasteiger partial charge in [0.1, 0.15) is 11.6 Å². The monoisotopic (exact) mass is 239 g/mol. The van der Waals surface area contributed by atoms with Gasteiger partial charge >= 0.3 is 0 Å². The van der Waals surface area contributed by atoms with Crippen LogP contribution in [0.25, 0.3) is 0 Å². The minimum absolute atomic E-state index is 0.336. The first kappa shape index (κ1) is 12.5. The smallest absolute Gasteiger partial charge is 0.127 e. The number of nitrogens with one attached hydrogen (secondary N) is 1. The van der Waals surface area contributed by atoms with Gasteiger partial charge in [-0.3, -0.25) is 0 Å². The van der Waals surface area contributed by atoms with Gasteiger partial charge < -0.3 is 5.32 Å². The Hall–Kier alpha value is -0.960. The predicted octanol–water partition coefficient (Wildman–Crippen LogP) is 3.63. The summed E-state index contributed by atoms with van der Waals surface area (Å²) in [6, 6.07) is 3.98. The van der Waals surface area contributed by atoms with Crippen LogP contribution in [0.15, 0.2) is 18.2 Å². The summed E-state index contributed by atoms with van der Waals surface area (Å²) in [5, 5.41) is 3.30. The molecule has 0 bridgehead atoms. The van der Waals surface area contributed by atoms with E-state index in [1.54, 1.807) is 0 Å². The summed E-state index contributed by atoms with van der Waals surface area (Å²) in [4.78, 5) is 0. The van der Waals surface area contributed by atoms with E-state index in [-0.39, 0.29) is 11.6 Å². The average Bonchev–Trinajstić information content (AvgIpc) is 2.83. The van der Waals surface area contributed by atoms with Crippen molar-refractivity contribution in [1.29, 1.82) is 0 Å². The molecule has 2 rings (SSSR count). The molecule has 0 amide bonds. The summed E-state index contributed by atoms with van der Waals surface area (Å²) in [6.45, 7) is 2.54. The van der Waals surface area contributed by atoms with E-state index < -0.39 is 0 Å². The first-order chi connectivity index (χ1) is 8.16. The maximum absolute atomic E-state index is 13.4. The van der Waals surface area contributed by atoms with Crippen LogP contribution in [-0.4, -0.2) is 6.04 Å². The molecule has 0 saturated heterocycles. The van der Waals surface area contributed by atoms with Crippen molar-refractivity contribution in [2.24, 2.45) is 5.92 Å². The molecule has 1 aromatic rings. The largest absolute Gasteiger partial charge is 0.310 e. The predicted molar refractivity (Wildman–Crippen MR) is 64.6 cm³/mol. The zero-order valence-electron chi connectivity index (χ0n) is 10.2. The number of hydrogen-bond donors (Lipinski definition) is 1. The van der Waals surface area contributed by atoms with E-state index in [1.807, 2.05) is 0 Å². The lowest BCUT2D eigenvalue weighted by molar-refractivity contribution is 0.377. The second-order valence-electron chi connectivity index (χ2n) is 4.95. The fourth-order valence-electron chi connectivity index (χ4n) is 2.57. The maximum Gasteiger partial charge on any atom is 0.127 e. The molecule has 1 atom stereocenters. The molecule has 3 heteroatoms. The maximum atomic E-state index is 13.4. The topological polar surface area (TPSA) is 12.0 Å². The normalized spacial score (nSPS) is 18.5. The second-order valence-corrected chi connectivity index (χ2v) is 4.95. The highest BCUT2D eigenvalue weighted by Crippen LogP contribution is 2.27. The Morgan fingerprint density at radius 1 is 1.29 bits per heavy atom. The van der Waals surface area contributed by atoms with Gasteiger partial charge in [-0.15, -0.1) is 0 Å². The van der Waals surface area contributed by atoms with E-state index in [9.17, 15) is 8.78 Å². The molecule has 1 saturated carbocycles. The molecular formula is C14H19F2N. The van der Waals surface area contributed by atoms with Gasteiger partial charge in [-0.25, -0.2) is 8.78 Å². The molecule has 0 unspecified atom stereocenters. The van der Waals surface area contributed by atoms with E-state index >= 15 is 0 Å². The minimum atomic E-state index is -0.378. The van der Waals surface area contributed by atoms with Crippen LogP contribution in [0.5, 0.6) is 0 Å². The Morgan fingerprint density at radius 3 is 2.71 bits per heavy atom. The number of benzene rings is 1. The lowest BCUT2D eigenvalue weighted by Crippen LogP contribution is -2.32. The van der Waals surface area contributed by atoms with Crippen LogP contribution in [0, 0.1) is 17.6 Å². The lowest BCUT2D eigenvalue weighted by Gasteiger charge is -2.20. The van der Waals surface area contributed by atoms with Gasteiger partial charge in [0.15, 0.2) is 0 Å². The van der Waals surface area contributed by atoms with Crippen molar-refractivity contribution in [2.75, 3.05) is 0 Å². The van der Waals surface area contributed by atoms with Crippen molar-refractivity contribution < 1.29 is 8.78 Å². The lowest BCUT2D eigenvalue weighted by atomic mass is 9.99. The summed E-state index contributed by atoms with van der Waals surface area (Å²) < 4.78 is 26.4. The Bertz CT molecular complexity index is 372. The van der Waals surface area contributed by atoms with Crippen molar-refractivity contribution >= 4 is 0 Å². The fraction of sp³-hybridized carbons (Fsp3) is 0.571. The van der Waals surface area contributed by atoms with Crippen molar-refractivity contribution in [1.82, 2.24) is 5.32 Å². The molecule has 1 aromatic carbocycles. The molecule has 0 aromatic heterocycles. The molecule has 1 N–H and O–H groups in total. The zero-order chi connectivity index (χ0) is 12.3. The van der Waals surface area contributed by atoms with Crippen LogP contribution in [-0.2, 0) is 6.54 Å². The Morgan fingerprint density at radius 2 is 2.00 bits per heavy atom. The molecule has 1 aliphatic carbocycles. The van der Waals surface area contributed by atoms with Crippen LogP contribution in [0.1, 0.15) is 38.2 Å². The SMILES string of the molecule is C[C@@H](NCc1cc(F)ccc1F)C1CCCC1. The first-order valence-electron chi connectivity index (χ1n) is 6.34. The molecule has 1 fully saturated rings. The molecule has 0 heterocycles. The van der Waals surface area contributed by atoms with Crippen LogP contribution in [0.2, 0.25) is 0 Å². The third-order valence-electron chi connectivity index (χ3n) is 3.73. The summed E-state index contributed by atoms with van der Waals surface area (Å²) in [5.74, 6) is -0.0270. The first-order valence-corrected chi connectivity index (χ1v) is 6.34. The van der Waals surface area contributed by atoms with Crippen molar-refractivity contribution in [3.8, 4) is 0 Å². The summed E-state index contributed by atoms with van der Waals surface area (Å²) in [6.07, 6.45) is 5.09. The highest BCUT2D eigenvalue weighted by molar-refractivity contribution is 5.18. The summed E-state index contributed by atoms with van der Waals surface area (Å²) in [7, 11) is 0. The zero-order valence-corrected chi connectivity index (χ0v) is 10.2. The molecule has 17 heavy (non-hydrogen) atoms. The van der Waals surface area contributed by atoms with Crippen molar-refractivity contribution in [3.63, 3.8) is 0 Å². The fourth-order valence-corrected chi connectivity index (χ4v) is 2.57. The summed E-state index contributed by atoms with van der Waals surface area (Å²) in [5.41, 5.74) is 0.412. The molecule has 1 aliphatic rings. The third-order valence-corrected chi connectivity index (χ3v) is 3.73. The number of rotatable bonds is 4. The van der Waals surface area contributed by atoms with Crippen LogP contribution in [0.3, 0.4) is 0 Å². The van der Waals surface area contributed by atoms with E-state index in [0.29, 0.717) is 24.1 Å². The van der Waals surface area contributed by atoms with E-state index in [1.165, 1.54) is 37.8 Å². The Balaban J connectivity index is 1.90. The van der Waals surface area contributed by atoms with Gasteiger partial charge in [-0.2, -0.15) is 0 Å². The molecule has 94 valence electrons. The van der Waals surface area contributed by atoms with Gasteiger partial charge in [-0.05, 0) is 43.9 Å². The Labute approximate surface area is 101 Å². The number of hydrogen-bond acceptors (Lipinski definition) is 1. The third kappa shape index (κ3) is 3.25. The minimum Gasteiger partial charge on any atom is -0.310 e. The molecule has 0 aliphatic heterocycles. The van der Waals surface area contributed by atoms with Gasteiger partial charge in [0.25, 0.3) is 0 Å². The average molecular weight is 239 g/mol. The van der Waals surface area contributed by atoms with E-state index in [2.05, 4.69) is 12.2 Å². The molecular weight excluding hydrogens is 220 g/mol. The van der Waals surface area contributed by atoms with Gasteiger partial charge in [0.05, 0.1) is 0 Å². The second kappa shape index (κ2) is 5.58.